The van der Waals surface area contributed by atoms with Crippen LogP contribution < -0.4 is 5.56 Å². The molecule has 0 bridgehead atoms. The van der Waals surface area contributed by atoms with Crippen molar-refractivity contribution in [2.45, 2.75) is 25.7 Å². The van der Waals surface area contributed by atoms with Gasteiger partial charge in [-0.2, -0.15) is 0 Å². The summed E-state index contributed by atoms with van der Waals surface area (Å²) in [5.74, 6) is 0. The van der Waals surface area contributed by atoms with Crippen molar-refractivity contribution in [3.8, 4) is 16.8 Å². The van der Waals surface area contributed by atoms with Crippen molar-refractivity contribution in [3.05, 3.63) is 148 Å². The Morgan fingerprint density at radius 2 is 1.44 bits per heavy atom. The molecule has 0 atom stereocenters. The Morgan fingerprint density at radius 1 is 0.634 bits per heavy atom. The number of hydrogen-bond acceptors (Lipinski definition) is 1. The smallest absolute Gasteiger partial charge is 0.263 e. The zero-order valence-electron chi connectivity index (χ0n) is 22.8. The average molecular weight is 528 g/mol. The monoisotopic (exact) mass is 527 g/mol. The summed E-state index contributed by atoms with van der Waals surface area (Å²) in [5, 5.41) is 5.34. The van der Waals surface area contributed by atoms with Crippen LogP contribution in [0.15, 0.2) is 126 Å². The maximum absolute atomic E-state index is 14.2. The van der Waals surface area contributed by atoms with Crippen LogP contribution in [0.1, 0.15) is 36.0 Å². The molecule has 1 heterocycles. The minimum absolute atomic E-state index is 0.00572. The van der Waals surface area contributed by atoms with Gasteiger partial charge >= 0.3 is 0 Å². The van der Waals surface area contributed by atoms with E-state index >= 15 is 0 Å². The predicted octanol–water partition coefficient (Wildman–Crippen LogP) is 9.66. The first-order valence-electron chi connectivity index (χ1n) is 14.5. The molecule has 0 amide bonds. The van der Waals surface area contributed by atoms with Crippen LogP contribution in [0.4, 0.5) is 0 Å². The zero-order chi connectivity index (χ0) is 27.3. The van der Waals surface area contributed by atoms with Crippen molar-refractivity contribution < 1.29 is 0 Å². The Kier molecular flexibility index (Phi) is 5.60. The van der Waals surface area contributed by atoms with E-state index in [4.69, 9.17) is 0 Å². The lowest BCUT2D eigenvalue weighted by Crippen LogP contribution is -2.19. The molecule has 196 valence electrons. The first-order valence-corrected chi connectivity index (χ1v) is 14.5. The number of para-hydroxylation sites is 1. The first kappa shape index (κ1) is 23.9. The van der Waals surface area contributed by atoms with Gasteiger partial charge in [0.25, 0.3) is 5.56 Å². The second-order valence-electron chi connectivity index (χ2n) is 11.1. The van der Waals surface area contributed by atoms with Crippen molar-refractivity contribution in [1.82, 2.24) is 4.57 Å². The summed E-state index contributed by atoms with van der Waals surface area (Å²) in [4.78, 5) is 14.2. The lowest BCUT2D eigenvalue weighted by molar-refractivity contribution is 0.990. The molecule has 8 rings (SSSR count). The highest BCUT2D eigenvalue weighted by Crippen LogP contribution is 2.37. The minimum atomic E-state index is 0.00572. The normalized spacial score (nSPS) is 14.5. The summed E-state index contributed by atoms with van der Waals surface area (Å²) in [5.41, 5.74) is 9.19. The largest absolute Gasteiger partial charge is 0.276 e. The quantitative estimate of drug-likeness (QED) is 0.210. The van der Waals surface area contributed by atoms with Gasteiger partial charge in [0.1, 0.15) is 0 Å². The number of nitrogens with zero attached hydrogens (tertiary/aromatic N) is 1. The lowest BCUT2D eigenvalue weighted by Gasteiger charge is -2.17. The second kappa shape index (κ2) is 9.60. The Hall–Kier alpha value is -4.95. The van der Waals surface area contributed by atoms with E-state index in [2.05, 4.69) is 109 Å². The van der Waals surface area contributed by atoms with Gasteiger partial charge in [-0.25, -0.2) is 0 Å². The van der Waals surface area contributed by atoms with Gasteiger partial charge in [-0.15, -0.1) is 0 Å². The van der Waals surface area contributed by atoms with Gasteiger partial charge in [0.15, 0.2) is 0 Å². The highest BCUT2D eigenvalue weighted by Gasteiger charge is 2.17. The van der Waals surface area contributed by atoms with Crippen LogP contribution in [0.2, 0.25) is 0 Å². The average Bonchev–Trinajstić information content (AvgIpc) is 3.05. The molecule has 2 nitrogen and oxygen atoms in total. The SMILES string of the molecule is O=c1c2cccc(-c3ccc4ccc5c(c4c3)C=CCC5)c2c2ccccc2n1-c1ccc(C2=CCCC=C2)cc1. The molecule has 0 radical (unpaired) electrons. The summed E-state index contributed by atoms with van der Waals surface area (Å²) < 4.78 is 1.87. The maximum atomic E-state index is 14.2. The number of rotatable bonds is 3. The third-order valence-electron chi connectivity index (χ3n) is 8.70. The number of hydrogen-bond donors (Lipinski definition) is 0. The van der Waals surface area contributed by atoms with Crippen molar-refractivity contribution in [3.63, 3.8) is 0 Å². The molecule has 0 saturated heterocycles. The third kappa shape index (κ3) is 3.90. The van der Waals surface area contributed by atoms with Crippen LogP contribution in [-0.4, -0.2) is 4.57 Å². The number of benzene rings is 5. The second-order valence-corrected chi connectivity index (χ2v) is 11.1. The molecule has 1 aromatic heterocycles. The summed E-state index contributed by atoms with van der Waals surface area (Å²) >= 11 is 0. The molecule has 0 aliphatic heterocycles. The maximum Gasteiger partial charge on any atom is 0.263 e. The van der Waals surface area contributed by atoms with Gasteiger partial charge in [0, 0.05) is 21.8 Å². The molecule has 0 unspecified atom stereocenters. The van der Waals surface area contributed by atoms with Crippen LogP contribution in [0.3, 0.4) is 0 Å². The predicted molar refractivity (Wildman–Crippen MR) is 174 cm³/mol. The van der Waals surface area contributed by atoms with Crippen LogP contribution in [0.25, 0.3) is 60.9 Å². The van der Waals surface area contributed by atoms with Gasteiger partial charge < -0.3 is 0 Å². The molecule has 0 spiro atoms. The molecule has 2 aliphatic rings. The molecular formula is C39H29NO. The van der Waals surface area contributed by atoms with Crippen molar-refractivity contribution in [1.29, 1.82) is 0 Å². The molecule has 0 saturated carbocycles. The number of pyridine rings is 1. The Labute approximate surface area is 239 Å². The fraction of sp³-hybridized carbons (Fsp3) is 0.103. The van der Waals surface area contributed by atoms with E-state index in [1.54, 1.807) is 0 Å². The lowest BCUT2D eigenvalue weighted by atomic mass is 9.89. The number of aromatic nitrogens is 1. The molecule has 2 heteroatoms. The summed E-state index contributed by atoms with van der Waals surface area (Å²) in [7, 11) is 0. The Morgan fingerprint density at radius 3 is 2.32 bits per heavy atom. The fourth-order valence-corrected chi connectivity index (χ4v) is 6.67. The van der Waals surface area contributed by atoms with E-state index in [0.717, 1.165) is 64.2 Å². The Balaban J connectivity index is 1.35. The number of allylic oxidation sites excluding steroid dienone is 5. The summed E-state index contributed by atoms with van der Waals surface area (Å²) in [6.07, 6.45) is 15.6. The molecule has 41 heavy (non-hydrogen) atoms. The van der Waals surface area contributed by atoms with Crippen LogP contribution >= 0.6 is 0 Å². The van der Waals surface area contributed by atoms with Gasteiger partial charge in [-0.3, -0.25) is 9.36 Å². The fourth-order valence-electron chi connectivity index (χ4n) is 6.67. The van der Waals surface area contributed by atoms with E-state index in [1.165, 1.54) is 33.0 Å². The third-order valence-corrected chi connectivity index (χ3v) is 8.70. The standard InChI is InChI=1S/C39H29NO/c41-39-35-15-8-14-33(30-20-19-29-18-17-28-11-4-5-12-32(28)36(29)25-30)38(35)34-13-6-7-16-37(34)40(39)31-23-21-27(22-24-31)26-9-2-1-3-10-26/h2,5-10,12-25H,1,3-4,11H2. The van der Waals surface area contributed by atoms with Gasteiger partial charge in [0.2, 0.25) is 0 Å². The first-order chi connectivity index (χ1) is 20.3. The summed E-state index contributed by atoms with van der Waals surface area (Å²) in [6, 6.07) is 34.1. The van der Waals surface area contributed by atoms with Crippen LogP contribution in [-0.2, 0) is 6.42 Å². The molecule has 0 fully saturated rings. The van der Waals surface area contributed by atoms with Crippen molar-refractivity contribution in [2.24, 2.45) is 0 Å². The topological polar surface area (TPSA) is 22.0 Å². The van der Waals surface area contributed by atoms with Gasteiger partial charge in [-0.05, 0) is 100 Å². The number of fused-ring (bicyclic) bond motifs is 6. The van der Waals surface area contributed by atoms with Crippen LogP contribution in [0, 0.1) is 0 Å². The van der Waals surface area contributed by atoms with E-state index in [1.807, 2.05) is 22.8 Å². The minimum Gasteiger partial charge on any atom is -0.276 e. The number of aryl methyl sites for hydroxylation is 1. The van der Waals surface area contributed by atoms with E-state index in [-0.39, 0.29) is 5.56 Å². The van der Waals surface area contributed by atoms with Crippen molar-refractivity contribution in [2.75, 3.05) is 0 Å². The molecule has 2 aliphatic carbocycles. The molecular weight excluding hydrogens is 498 g/mol. The molecule has 6 aromatic rings. The van der Waals surface area contributed by atoms with Crippen molar-refractivity contribution >= 4 is 44.1 Å². The van der Waals surface area contributed by atoms with Gasteiger partial charge in [0.05, 0.1) is 5.52 Å². The molecule has 0 N–H and O–H groups in total. The molecule has 5 aromatic carbocycles. The highest BCUT2D eigenvalue weighted by molar-refractivity contribution is 6.14. The van der Waals surface area contributed by atoms with E-state index < -0.39 is 0 Å². The summed E-state index contributed by atoms with van der Waals surface area (Å²) in [6.45, 7) is 0. The Bertz CT molecular complexity index is 2160. The van der Waals surface area contributed by atoms with E-state index in [0.29, 0.717) is 0 Å². The van der Waals surface area contributed by atoms with Crippen LogP contribution in [0.5, 0.6) is 0 Å². The zero-order valence-corrected chi connectivity index (χ0v) is 22.8. The van der Waals surface area contributed by atoms with Gasteiger partial charge in [-0.1, -0.05) is 97.1 Å². The van der Waals surface area contributed by atoms with E-state index in [9.17, 15) is 4.79 Å². The highest BCUT2D eigenvalue weighted by atomic mass is 16.1.